The highest BCUT2D eigenvalue weighted by atomic mass is 32.9. The van der Waals surface area contributed by atoms with Gasteiger partial charge in [-0.15, -0.1) is 0 Å². The SMILES string of the molecule is Cc1ccccc1.O=S(O)(O)=S. The molecule has 0 saturated heterocycles. The molecule has 0 aliphatic carbocycles. The van der Waals surface area contributed by atoms with Gasteiger partial charge in [0.2, 0.25) is 0 Å². The summed E-state index contributed by atoms with van der Waals surface area (Å²) >= 11 is 3.47. The summed E-state index contributed by atoms with van der Waals surface area (Å²) in [6.45, 7) is 2.08. The first-order valence-corrected chi connectivity index (χ1v) is 5.51. The highest BCUT2D eigenvalue weighted by Gasteiger charge is 1.78. The van der Waals surface area contributed by atoms with E-state index in [-0.39, 0.29) is 0 Å². The van der Waals surface area contributed by atoms with Gasteiger partial charge in [0.25, 0.3) is 9.05 Å². The van der Waals surface area contributed by atoms with Crippen molar-refractivity contribution in [3.05, 3.63) is 35.9 Å². The monoisotopic (exact) mass is 206 g/mol. The van der Waals surface area contributed by atoms with Gasteiger partial charge in [0.1, 0.15) is 0 Å². The van der Waals surface area contributed by atoms with Crippen molar-refractivity contribution in [1.29, 1.82) is 0 Å². The van der Waals surface area contributed by atoms with Crippen LogP contribution in [0.4, 0.5) is 0 Å². The first kappa shape index (κ1) is 11.5. The molecule has 0 atom stereocenters. The maximum absolute atomic E-state index is 9.11. The van der Waals surface area contributed by atoms with Crippen LogP contribution >= 0.6 is 0 Å². The smallest absolute Gasteiger partial charge is 0.263 e. The zero-order valence-corrected chi connectivity index (χ0v) is 8.14. The number of benzene rings is 1. The third kappa shape index (κ3) is 12.2. The highest BCUT2D eigenvalue weighted by Crippen LogP contribution is 1.92. The Morgan fingerprint density at radius 2 is 1.58 bits per heavy atom. The second kappa shape index (κ2) is 5.21. The fourth-order valence-electron chi connectivity index (χ4n) is 0.534. The van der Waals surface area contributed by atoms with Gasteiger partial charge in [-0.2, -0.15) is 4.21 Å². The highest BCUT2D eigenvalue weighted by molar-refractivity contribution is 8.26. The summed E-state index contributed by atoms with van der Waals surface area (Å²) in [5.74, 6) is 0. The van der Waals surface area contributed by atoms with E-state index in [1.54, 1.807) is 0 Å². The Labute approximate surface area is 76.8 Å². The lowest BCUT2D eigenvalue weighted by molar-refractivity contribution is 0.450. The summed E-state index contributed by atoms with van der Waals surface area (Å²) in [6.07, 6.45) is 0. The summed E-state index contributed by atoms with van der Waals surface area (Å²) in [5.41, 5.74) is 1.32. The van der Waals surface area contributed by atoms with Crippen molar-refractivity contribution in [3.63, 3.8) is 0 Å². The molecule has 0 fully saturated rings. The topological polar surface area (TPSA) is 57.5 Å². The summed E-state index contributed by atoms with van der Waals surface area (Å²) < 4.78 is 24.0. The van der Waals surface area contributed by atoms with E-state index < -0.39 is 9.05 Å². The molecule has 1 aromatic rings. The van der Waals surface area contributed by atoms with E-state index >= 15 is 0 Å². The summed E-state index contributed by atoms with van der Waals surface area (Å²) in [6, 6.07) is 10.3. The van der Waals surface area contributed by atoms with Crippen LogP contribution in [-0.4, -0.2) is 13.3 Å². The first-order chi connectivity index (χ1) is 5.39. The minimum atomic E-state index is -3.83. The van der Waals surface area contributed by atoms with Crippen molar-refractivity contribution in [3.8, 4) is 0 Å². The lowest BCUT2D eigenvalue weighted by Crippen LogP contribution is -1.86. The van der Waals surface area contributed by atoms with Crippen LogP contribution in [0.5, 0.6) is 0 Å². The molecule has 0 aliphatic rings. The third-order valence-electron chi connectivity index (χ3n) is 0.940. The summed E-state index contributed by atoms with van der Waals surface area (Å²) in [7, 11) is -3.83. The zero-order valence-electron chi connectivity index (χ0n) is 6.51. The molecule has 0 heterocycles. The van der Waals surface area contributed by atoms with Crippen LogP contribution in [0.25, 0.3) is 0 Å². The van der Waals surface area contributed by atoms with E-state index in [2.05, 4.69) is 30.2 Å². The molecule has 2 N–H and O–H groups in total. The molecule has 0 radical (unpaired) electrons. The van der Waals surface area contributed by atoms with Crippen LogP contribution in [0.2, 0.25) is 0 Å². The van der Waals surface area contributed by atoms with Crippen molar-refractivity contribution in [2.45, 2.75) is 6.92 Å². The lowest BCUT2D eigenvalue weighted by atomic mass is 10.2. The van der Waals surface area contributed by atoms with Crippen molar-refractivity contribution in [2.75, 3.05) is 0 Å². The normalized spacial score (nSPS) is 9.92. The van der Waals surface area contributed by atoms with E-state index in [1.807, 2.05) is 18.2 Å². The fraction of sp³-hybridized carbons (Fsp3) is 0.143. The van der Waals surface area contributed by atoms with Gasteiger partial charge >= 0.3 is 0 Å². The van der Waals surface area contributed by atoms with Gasteiger partial charge in [0, 0.05) is 11.2 Å². The molecule has 0 spiro atoms. The van der Waals surface area contributed by atoms with Crippen LogP contribution in [0, 0.1) is 6.92 Å². The number of hydrogen-bond donors (Lipinski definition) is 2. The van der Waals surface area contributed by atoms with Gasteiger partial charge in [0.05, 0.1) is 0 Å². The number of aryl methyl sites for hydroxylation is 1. The molecule has 0 aromatic heterocycles. The molecule has 3 nitrogen and oxygen atoms in total. The van der Waals surface area contributed by atoms with Crippen molar-refractivity contribution in [1.82, 2.24) is 0 Å². The van der Waals surface area contributed by atoms with Crippen LogP contribution in [0.1, 0.15) is 5.56 Å². The fourth-order valence-corrected chi connectivity index (χ4v) is 0.534. The zero-order chi connectivity index (χ0) is 9.61. The van der Waals surface area contributed by atoms with Crippen molar-refractivity contribution >= 4 is 20.2 Å². The van der Waals surface area contributed by atoms with E-state index in [9.17, 15) is 0 Å². The van der Waals surface area contributed by atoms with Crippen LogP contribution in [0.3, 0.4) is 0 Å². The minimum absolute atomic E-state index is 1.32. The minimum Gasteiger partial charge on any atom is -0.285 e. The maximum atomic E-state index is 9.11. The van der Waals surface area contributed by atoms with Gasteiger partial charge in [-0.25, -0.2) is 0 Å². The van der Waals surface area contributed by atoms with E-state index in [0.29, 0.717) is 0 Å². The molecule has 1 aromatic carbocycles. The first-order valence-electron chi connectivity index (χ1n) is 3.11. The lowest BCUT2D eigenvalue weighted by Gasteiger charge is -1.82. The van der Waals surface area contributed by atoms with Crippen LogP contribution < -0.4 is 0 Å². The molecule has 0 bridgehead atoms. The van der Waals surface area contributed by atoms with Crippen molar-refractivity contribution < 1.29 is 13.3 Å². The quantitative estimate of drug-likeness (QED) is 0.678. The molecule has 5 heteroatoms. The molecular formula is C7H10O3S2. The van der Waals surface area contributed by atoms with E-state index in [1.165, 1.54) is 5.56 Å². The standard InChI is InChI=1S/C7H8.H2O3S2/c1-7-5-3-2-4-6-7;1-5(2,3)4/h2-6H,1H3;(H2,1,2,3,4). The average Bonchev–Trinajstić information content (AvgIpc) is 1.85. The summed E-state index contributed by atoms with van der Waals surface area (Å²) in [5, 5.41) is 0. The van der Waals surface area contributed by atoms with Gasteiger partial charge in [-0.1, -0.05) is 35.9 Å². The molecule has 0 aliphatic heterocycles. The molecule has 0 saturated carbocycles. The largest absolute Gasteiger partial charge is 0.285 e. The second-order valence-electron chi connectivity index (χ2n) is 2.10. The maximum Gasteiger partial charge on any atom is 0.263 e. The molecule has 0 unspecified atom stereocenters. The Balaban J connectivity index is 0.000000217. The van der Waals surface area contributed by atoms with E-state index in [0.717, 1.165) is 0 Å². The molecule has 12 heavy (non-hydrogen) atoms. The van der Waals surface area contributed by atoms with Gasteiger partial charge < -0.3 is 0 Å². The van der Waals surface area contributed by atoms with Crippen LogP contribution in [-0.2, 0) is 20.2 Å². The van der Waals surface area contributed by atoms with Crippen molar-refractivity contribution in [2.24, 2.45) is 0 Å². The Bertz CT molecular complexity index is 297. The van der Waals surface area contributed by atoms with Gasteiger partial charge in [-0.3, -0.25) is 9.11 Å². The molecule has 68 valence electrons. The van der Waals surface area contributed by atoms with Crippen LogP contribution in [0.15, 0.2) is 30.3 Å². The predicted octanol–water partition coefficient (Wildman–Crippen LogP) is 1.67. The number of hydrogen-bond acceptors (Lipinski definition) is 2. The Kier molecular flexibility index (Phi) is 5.00. The number of rotatable bonds is 0. The van der Waals surface area contributed by atoms with Gasteiger partial charge in [0.15, 0.2) is 0 Å². The van der Waals surface area contributed by atoms with Gasteiger partial charge in [-0.05, 0) is 6.92 Å². The van der Waals surface area contributed by atoms with E-state index in [4.69, 9.17) is 13.3 Å². The predicted molar refractivity (Wildman–Crippen MR) is 51.9 cm³/mol. The Hall–Kier alpha value is -0.490. The molecule has 0 amide bonds. The molecule has 1 rings (SSSR count). The second-order valence-corrected chi connectivity index (χ2v) is 4.30. The Morgan fingerprint density at radius 3 is 1.75 bits per heavy atom. The average molecular weight is 206 g/mol. The molecular weight excluding hydrogens is 196 g/mol. The third-order valence-corrected chi connectivity index (χ3v) is 0.940. The Morgan fingerprint density at radius 1 is 1.25 bits per heavy atom. The summed E-state index contributed by atoms with van der Waals surface area (Å²) in [4.78, 5) is 0.